The van der Waals surface area contributed by atoms with Crippen LogP contribution in [0.2, 0.25) is 0 Å². The predicted octanol–water partition coefficient (Wildman–Crippen LogP) is 1.39. The highest BCUT2D eigenvalue weighted by atomic mass is 32.2. The zero-order valence-corrected chi connectivity index (χ0v) is 8.36. The molecule has 0 aromatic heterocycles. The van der Waals surface area contributed by atoms with Gasteiger partial charge in [-0.05, 0) is 19.3 Å². The lowest BCUT2D eigenvalue weighted by atomic mass is 10.1. The second-order valence-corrected chi connectivity index (χ2v) is 5.64. The first-order valence-corrected chi connectivity index (χ1v) is 6.09. The number of hydrogen-bond donors (Lipinski definition) is 1. The molecule has 72 valence electrons. The van der Waals surface area contributed by atoms with Gasteiger partial charge >= 0.3 is 0 Å². The van der Waals surface area contributed by atoms with Crippen LogP contribution < -0.4 is 5.14 Å². The first-order chi connectivity index (χ1) is 5.52. The van der Waals surface area contributed by atoms with Gasteiger partial charge in [-0.1, -0.05) is 26.2 Å². The summed E-state index contributed by atoms with van der Waals surface area (Å²) in [6.07, 6.45) is 5.54. The quantitative estimate of drug-likeness (QED) is 0.667. The van der Waals surface area contributed by atoms with E-state index in [9.17, 15) is 8.42 Å². The number of unbranched alkanes of at least 4 members (excludes halogenated alkanes) is 2. The molecule has 4 heteroatoms. The number of sulfonamides is 1. The fraction of sp³-hybridized carbons (Fsp3) is 1.00. The molecule has 1 aliphatic carbocycles. The van der Waals surface area contributed by atoms with Crippen LogP contribution in [0.4, 0.5) is 0 Å². The summed E-state index contributed by atoms with van der Waals surface area (Å²) in [5, 5.41) is 5.13. The molecule has 1 saturated carbocycles. The van der Waals surface area contributed by atoms with E-state index < -0.39 is 14.8 Å². The molecule has 3 nitrogen and oxygen atoms in total. The van der Waals surface area contributed by atoms with Crippen LogP contribution >= 0.6 is 0 Å². The van der Waals surface area contributed by atoms with Crippen molar-refractivity contribution in [2.75, 3.05) is 0 Å². The highest BCUT2D eigenvalue weighted by Crippen LogP contribution is 2.46. The van der Waals surface area contributed by atoms with E-state index >= 15 is 0 Å². The Morgan fingerprint density at radius 3 is 2.25 bits per heavy atom. The molecule has 0 unspecified atom stereocenters. The monoisotopic (exact) mass is 191 g/mol. The van der Waals surface area contributed by atoms with Gasteiger partial charge in [0.15, 0.2) is 0 Å². The standard InChI is InChI=1S/C8H17NO2S/c1-2-3-4-5-8(6-7-8)12(9,10)11/h2-7H2,1H3,(H2,9,10,11). The summed E-state index contributed by atoms with van der Waals surface area (Å²) in [5.74, 6) is 0. The minimum absolute atomic E-state index is 0.512. The van der Waals surface area contributed by atoms with Gasteiger partial charge in [0.25, 0.3) is 0 Å². The van der Waals surface area contributed by atoms with E-state index in [1.54, 1.807) is 0 Å². The summed E-state index contributed by atoms with van der Waals surface area (Å²) >= 11 is 0. The van der Waals surface area contributed by atoms with Gasteiger partial charge in [0.2, 0.25) is 10.0 Å². The topological polar surface area (TPSA) is 60.2 Å². The van der Waals surface area contributed by atoms with Gasteiger partial charge in [-0.2, -0.15) is 0 Å². The smallest absolute Gasteiger partial charge is 0.214 e. The molecule has 1 fully saturated rings. The Morgan fingerprint density at radius 2 is 1.92 bits per heavy atom. The van der Waals surface area contributed by atoms with E-state index in [1.807, 2.05) is 0 Å². The zero-order chi connectivity index (χ0) is 9.24. The van der Waals surface area contributed by atoms with Gasteiger partial charge in [-0.25, -0.2) is 13.6 Å². The molecule has 12 heavy (non-hydrogen) atoms. The average Bonchev–Trinajstić information content (AvgIpc) is 2.67. The Labute approximate surface area is 74.4 Å². The predicted molar refractivity (Wildman–Crippen MR) is 49.2 cm³/mol. The van der Waals surface area contributed by atoms with E-state index in [2.05, 4.69) is 6.92 Å². The Hall–Kier alpha value is -0.0900. The molecule has 0 aliphatic heterocycles. The van der Waals surface area contributed by atoms with Gasteiger partial charge in [-0.3, -0.25) is 0 Å². The van der Waals surface area contributed by atoms with Crippen molar-refractivity contribution >= 4 is 10.0 Å². The summed E-state index contributed by atoms with van der Waals surface area (Å²) in [7, 11) is -3.27. The van der Waals surface area contributed by atoms with Crippen molar-refractivity contribution in [3.8, 4) is 0 Å². The molecular formula is C8H17NO2S. The molecule has 1 aliphatic rings. The molecule has 0 spiro atoms. The molecule has 0 amide bonds. The number of primary sulfonamides is 1. The maximum atomic E-state index is 11.1. The Kier molecular flexibility index (Phi) is 2.78. The third-order valence-corrected chi connectivity index (χ3v) is 4.47. The van der Waals surface area contributed by atoms with Crippen LogP contribution in [0.15, 0.2) is 0 Å². The Bertz CT molecular complexity index is 242. The van der Waals surface area contributed by atoms with Crippen molar-refractivity contribution in [1.82, 2.24) is 0 Å². The SMILES string of the molecule is CCCCCC1(S(N)(=O)=O)CC1. The van der Waals surface area contributed by atoms with Crippen molar-refractivity contribution in [3.63, 3.8) is 0 Å². The summed E-state index contributed by atoms with van der Waals surface area (Å²) in [6, 6.07) is 0. The minimum atomic E-state index is -3.27. The van der Waals surface area contributed by atoms with Gasteiger partial charge in [-0.15, -0.1) is 0 Å². The van der Waals surface area contributed by atoms with Crippen LogP contribution in [0, 0.1) is 0 Å². The van der Waals surface area contributed by atoms with Gasteiger partial charge < -0.3 is 0 Å². The molecule has 0 heterocycles. The maximum absolute atomic E-state index is 11.1. The summed E-state index contributed by atoms with van der Waals surface area (Å²) in [6.45, 7) is 2.11. The molecule has 0 aromatic rings. The van der Waals surface area contributed by atoms with Crippen LogP contribution in [0.3, 0.4) is 0 Å². The molecule has 0 atom stereocenters. The highest BCUT2D eigenvalue weighted by molar-refractivity contribution is 7.90. The van der Waals surface area contributed by atoms with Crippen molar-refractivity contribution in [2.24, 2.45) is 5.14 Å². The molecule has 1 rings (SSSR count). The van der Waals surface area contributed by atoms with Crippen LogP contribution in [0.25, 0.3) is 0 Å². The van der Waals surface area contributed by atoms with Gasteiger partial charge in [0.05, 0.1) is 4.75 Å². The Morgan fingerprint density at radius 1 is 1.33 bits per heavy atom. The lowest BCUT2D eigenvalue weighted by Crippen LogP contribution is -2.30. The Balaban J connectivity index is 2.41. The van der Waals surface area contributed by atoms with Crippen LogP contribution in [-0.2, 0) is 10.0 Å². The molecule has 2 N–H and O–H groups in total. The number of rotatable bonds is 5. The number of nitrogens with two attached hydrogens (primary N) is 1. The van der Waals surface area contributed by atoms with Crippen LogP contribution in [0.1, 0.15) is 45.4 Å². The second-order valence-electron chi connectivity index (χ2n) is 3.69. The molecule has 0 saturated heterocycles. The van der Waals surface area contributed by atoms with Crippen LogP contribution in [-0.4, -0.2) is 13.2 Å². The third kappa shape index (κ3) is 1.98. The van der Waals surface area contributed by atoms with E-state index in [1.165, 1.54) is 0 Å². The van der Waals surface area contributed by atoms with Crippen molar-refractivity contribution in [2.45, 2.75) is 50.2 Å². The average molecular weight is 191 g/mol. The van der Waals surface area contributed by atoms with E-state index in [0.29, 0.717) is 0 Å². The number of hydrogen-bond acceptors (Lipinski definition) is 2. The van der Waals surface area contributed by atoms with E-state index in [4.69, 9.17) is 5.14 Å². The third-order valence-electron chi connectivity index (χ3n) is 2.65. The zero-order valence-electron chi connectivity index (χ0n) is 7.54. The molecule has 0 bridgehead atoms. The molecule has 0 aromatic carbocycles. The van der Waals surface area contributed by atoms with Crippen molar-refractivity contribution < 1.29 is 8.42 Å². The van der Waals surface area contributed by atoms with Gasteiger partial charge in [0.1, 0.15) is 0 Å². The molecular weight excluding hydrogens is 174 g/mol. The summed E-state index contributed by atoms with van der Waals surface area (Å²) < 4.78 is 21.7. The maximum Gasteiger partial charge on any atom is 0.214 e. The lowest BCUT2D eigenvalue weighted by molar-refractivity contribution is 0.555. The first kappa shape index (κ1) is 9.99. The summed E-state index contributed by atoms with van der Waals surface area (Å²) in [5.41, 5.74) is 0. The van der Waals surface area contributed by atoms with Crippen molar-refractivity contribution in [1.29, 1.82) is 0 Å². The first-order valence-electron chi connectivity index (χ1n) is 4.54. The highest BCUT2D eigenvalue weighted by Gasteiger charge is 2.51. The van der Waals surface area contributed by atoms with Gasteiger partial charge in [0, 0.05) is 0 Å². The van der Waals surface area contributed by atoms with Crippen molar-refractivity contribution in [3.05, 3.63) is 0 Å². The minimum Gasteiger partial charge on any atom is -0.228 e. The summed E-state index contributed by atoms with van der Waals surface area (Å²) in [4.78, 5) is 0. The largest absolute Gasteiger partial charge is 0.228 e. The van der Waals surface area contributed by atoms with Crippen LogP contribution in [0.5, 0.6) is 0 Å². The van der Waals surface area contributed by atoms with E-state index in [-0.39, 0.29) is 0 Å². The lowest BCUT2D eigenvalue weighted by Gasteiger charge is -2.11. The fourth-order valence-electron chi connectivity index (χ4n) is 1.51. The molecule has 0 radical (unpaired) electrons. The fourth-order valence-corrected chi connectivity index (χ4v) is 2.61. The normalized spacial score (nSPS) is 20.8. The van der Waals surface area contributed by atoms with E-state index in [0.717, 1.165) is 38.5 Å². The second kappa shape index (κ2) is 3.34.